The fraction of sp³-hybridized carbons (Fsp3) is 0.286. The summed E-state index contributed by atoms with van der Waals surface area (Å²) in [5, 5.41) is 4.62. The second kappa shape index (κ2) is 7.82. The first kappa shape index (κ1) is 18.2. The number of methoxy groups -OCH3 is 1. The number of hydrogen-bond acceptors (Lipinski definition) is 5. The van der Waals surface area contributed by atoms with Crippen LogP contribution in [0.3, 0.4) is 0 Å². The molecule has 4 rings (SSSR count). The van der Waals surface area contributed by atoms with Gasteiger partial charge in [-0.25, -0.2) is 9.67 Å². The number of piperazine rings is 1. The first-order valence-corrected chi connectivity index (χ1v) is 9.29. The van der Waals surface area contributed by atoms with E-state index in [2.05, 4.69) is 22.0 Å². The Morgan fingerprint density at radius 1 is 1.04 bits per heavy atom. The van der Waals surface area contributed by atoms with Crippen LogP contribution in [0.15, 0.2) is 54.7 Å². The second-order valence-electron chi connectivity index (χ2n) is 6.84. The number of rotatable bonds is 4. The molecule has 144 valence electrons. The third-order valence-corrected chi connectivity index (χ3v) is 4.96. The SMILES string of the molecule is COc1ccc(-n2nc(C(=O)N3CCN(C)CC3)cc2-c2ccccc2)nc1. The third-order valence-electron chi connectivity index (χ3n) is 4.96. The molecule has 7 nitrogen and oxygen atoms in total. The fourth-order valence-electron chi connectivity index (χ4n) is 3.26. The average molecular weight is 377 g/mol. The van der Waals surface area contributed by atoms with Gasteiger partial charge in [0.05, 0.1) is 19.0 Å². The molecule has 1 amide bonds. The molecule has 3 aromatic rings. The van der Waals surface area contributed by atoms with E-state index < -0.39 is 0 Å². The molecular formula is C21H23N5O2. The summed E-state index contributed by atoms with van der Waals surface area (Å²) in [4.78, 5) is 21.6. The molecule has 0 radical (unpaired) electrons. The van der Waals surface area contributed by atoms with Crippen molar-refractivity contribution in [1.82, 2.24) is 24.6 Å². The minimum Gasteiger partial charge on any atom is -0.495 e. The van der Waals surface area contributed by atoms with E-state index in [4.69, 9.17) is 4.74 Å². The lowest BCUT2D eigenvalue weighted by atomic mass is 10.1. The third kappa shape index (κ3) is 3.61. The van der Waals surface area contributed by atoms with Crippen LogP contribution in [0.25, 0.3) is 17.1 Å². The Hall–Kier alpha value is -3.19. The van der Waals surface area contributed by atoms with Gasteiger partial charge in [0.15, 0.2) is 11.5 Å². The van der Waals surface area contributed by atoms with Crippen LogP contribution in [0.5, 0.6) is 5.75 Å². The molecule has 1 aromatic carbocycles. The van der Waals surface area contributed by atoms with Crippen LogP contribution in [0.1, 0.15) is 10.5 Å². The van der Waals surface area contributed by atoms with Crippen molar-refractivity contribution in [1.29, 1.82) is 0 Å². The molecule has 3 heterocycles. The minimum atomic E-state index is -0.0439. The molecule has 0 N–H and O–H groups in total. The molecule has 1 fully saturated rings. The van der Waals surface area contributed by atoms with Gasteiger partial charge in [-0.05, 0) is 25.2 Å². The van der Waals surface area contributed by atoms with Gasteiger partial charge < -0.3 is 14.5 Å². The van der Waals surface area contributed by atoms with Crippen LogP contribution in [-0.4, -0.2) is 70.8 Å². The Bertz CT molecular complexity index is 945. The van der Waals surface area contributed by atoms with Crippen molar-refractivity contribution in [2.75, 3.05) is 40.3 Å². The van der Waals surface area contributed by atoms with E-state index >= 15 is 0 Å². The lowest BCUT2D eigenvalue weighted by Crippen LogP contribution is -2.47. The highest BCUT2D eigenvalue weighted by Crippen LogP contribution is 2.24. The number of likely N-dealkylation sites (N-methyl/N-ethyl adjacent to an activating group) is 1. The predicted molar refractivity (Wildman–Crippen MR) is 107 cm³/mol. The zero-order valence-electron chi connectivity index (χ0n) is 16.1. The van der Waals surface area contributed by atoms with Crippen LogP contribution >= 0.6 is 0 Å². The first-order valence-electron chi connectivity index (χ1n) is 9.29. The molecule has 1 aliphatic rings. The largest absolute Gasteiger partial charge is 0.495 e. The maximum absolute atomic E-state index is 13.0. The van der Waals surface area contributed by atoms with Crippen LogP contribution in [0.4, 0.5) is 0 Å². The Morgan fingerprint density at radius 3 is 2.43 bits per heavy atom. The lowest BCUT2D eigenvalue weighted by Gasteiger charge is -2.31. The number of aromatic nitrogens is 3. The summed E-state index contributed by atoms with van der Waals surface area (Å²) in [5.41, 5.74) is 2.24. The summed E-state index contributed by atoms with van der Waals surface area (Å²) >= 11 is 0. The van der Waals surface area contributed by atoms with Gasteiger partial charge in [-0.1, -0.05) is 30.3 Å². The van der Waals surface area contributed by atoms with Crippen molar-refractivity contribution >= 4 is 5.91 Å². The van der Waals surface area contributed by atoms with Crippen molar-refractivity contribution in [3.8, 4) is 22.8 Å². The number of ether oxygens (including phenoxy) is 1. The van der Waals surface area contributed by atoms with Crippen molar-refractivity contribution < 1.29 is 9.53 Å². The van der Waals surface area contributed by atoms with Gasteiger partial charge in [-0.3, -0.25) is 4.79 Å². The number of benzene rings is 1. The summed E-state index contributed by atoms with van der Waals surface area (Å²) in [6.07, 6.45) is 1.65. The summed E-state index contributed by atoms with van der Waals surface area (Å²) in [6, 6.07) is 15.4. The van der Waals surface area contributed by atoms with Crippen molar-refractivity contribution in [2.45, 2.75) is 0 Å². The van der Waals surface area contributed by atoms with Crippen LogP contribution in [0, 0.1) is 0 Å². The van der Waals surface area contributed by atoms with E-state index in [1.165, 1.54) is 0 Å². The van der Waals surface area contributed by atoms with Crippen molar-refractivity contribution in [3.63, 3.8) is 0 Å². The smallest absolute Gasteiger partial charge is 0.274 e. The van der Waals surface area contributed by atoms with E-state index in [0.717, 1.165) is 24.3 Å². The molecule has 0 saturated carbocycles. The zero-order valence-corrected chi connectivity index (χ0v) is 16.1. The topological polar surface area (TPSA) is 63.5 Å². The average Bonchev–Trinajstić information content (AvgIpc) is 3.20. The number of nitrogens with zero attached hydrogens (tertiary/aromatic N) is 5. The Morgan fingerprint density at radius 2 is 1.79 bits per heavy atom. The standard InChI is InChI=1S/C21H23N5O2/c1-24-10-12-25(13-11-24)21(27)18-14-19(16-6-4-3-5-7-16)26(23-18)20-9-8-17(28-2)15-22-20/h3-9,14-15H,10-13H2,1-2H3. The lowest BCUT2D eigenvalue weighted by molar-refractivity contribution is 0.0657. The summed E-state index contributed by atoms with van der Waals surface area (Å²) < 4.78 is 6.91. The molecule has 1 saturated heterocycles. The summed E-state index contributed by atoms with van der Waals surface area (Å²) in [6.45, 7) is 3.17. The molecule has 0 aliphatic carbocycles. The normalized spacial score (nSPS) is 14.9. The van der Waals surface area contributed by atoms with Crippen LogP contribution < -0.4 is 4.74 Å². The summed E-state index contributed by atoms with van der Waals surface area (Å²) in [7, 11) is 3.67. The molecule has 0 spiro atoms. The van der Waals surface area contributed by atoms with E-state index in [-0.39, 0.29) is 5.91 Å². The predicted octanol–water partition coefficient (Wildman–Crippen LogP) is 2.33. The Kier molecular flexibility index (Phi) is 5.08. The highest BCUT2D eigenvalue weighted by molar-refractivity contribution is 5.93. The highest BCUT2D eigenvalue weighted by Gasteiger charge is 2.24. The molecular weight excluding hydrogens is 354 g/mol. The van der Waals surface area contributed by atoms with E-state index in [1.807, 2.05) is 53.4 Å². The minimum absolute atomic E-state index is 0.0439. The van der Waals surface area contributed by atoms with E-state index in [1.54, 1.807) is 18.0 Å². The number of pyridine rings is 1. The molecule has 2 aromatic heterocycles. The monoisotopic (exact) mass is 377 g/mol. The van der Waals surface area contributed by atoms with E-state index in [9.17, 15) is 4.79 Å². The van der Waals surface area contributed by atoms with Gasteiger partial charge in [0, 0.05) is 31.7 Å². The Labute approximate surface area is 164 Å². The van der Waals surface area contributed by atoms with Crippen LogP contribution in [0.2, 0.25) is 0 Å². The molecule has 0 atom stereocenters. The Balaban J connectivity index is 1.72. The number of hydrogen-bond donors (Lipinski definition) is 0. The molecule has 0 bridgehead atoms. The fourth-order valence-corrected chi connectivity index (χ4v) is 3.26. The molecule has 0 unspecified atom stereocenters. The summed E-state index contributed by atoms with van der Waals surface area (Å²) in [5.74, 6) is 1.26. The number of carbonyl (C=O) groups is 1. The quantitative estimate of drug-likeness (QED) is 0.698. The zero-order chi connectivity index (χ0) is 19.5. The van der Waals surface area contributed by atoms with Gasteiger partial charge in [-0.15, -0.1) is 0 Å². The number of amides is 1. The maximum atomic E-state index is 13.0. The maximum Gasteiger partial charge on any atom is 0.274 e. The molecule has 7 heteroatoms. The van der Waals surface area contributed by atoms with Gasteiger partial charge in [0.1, 0.15) is 5.75 Å². The van der Waals surface area contributed by atoms with Gasteiger partial charge in [-0.2, -0.15) is 5.10 Å². The van der Waals surface area contributed by atoms with Crippen molar-refractivity contribution in [2.24, 2.45) is 0 Å². The number of carbonyl (C=O) groups excluding carboxylic acids is 1. The van der Waals surface area contributed by atoms with E-state index in [0.29, 0.717) is 30.4 Å². The molecule has 28 heavy (non-hydrogen) atoms. The molecule has 1 aliphatic heterocycles. The van der Waals surface area contributed by atoms with Crippen LogP contribution in [-0.2, 0) is 0 Å². The highest BCUT2D eigenvalue weighted by atomic mass is 16.5. The van der Waals surface area contributed by atoms with Gasteiger partial charge in [0.2, 0.25) is 0 Å². The first-order chi connectivity index (χ1) is 13.7. The second-order valence-corrected chi connectivity index (χ2v) is 6.84. The van der Waals surface area contributed by atoms with Gasteiger partial charge in [0.25, 0.3) is 5.91 Å². The van der Waals surface area contributed by atoms with Gasteiger partial charge >= 0.3 is 0 Å². The van der Waals surface area contributed by atoms with Crippen molar-refractivity contribution in [3.05, 3.63) is 60.4 Å².